The highest BCUT2D eigenvalue weighted by molar-refractivity contribution is 5.27. The summed E-state index contributed by atoms with van der Waals surface area (Å²) in [5.41, 5.74) is -0.835. The smallest absolute Gasteiger partial charge is 0.266 e. The predicted molar refractivity (Wildman–Crippen MR) is 49.4 cm³/mol. The van der Waals surface area contributed by atoms with Crippen LogP contribution in [-0.2, 0) is 0 Å². The van der Waals surface area contributed by atoms with Crippen molar-refractivity contribution < 1.29 is 28.5 Å². The maximum absolute atomic E-state index is 13.1. The molecule has 0 spiro atoms. The lowest BCUT2D eigenvalue weighted by atomic mass is 10.0. The van der Waals surface area contributed by atoms with Crippen molar-refractivity contribution >= 4 is 0 Å². The summed E-state index contributed by atoms with van der Waals surface area (Å²) in [6.45, 7) is -0.709. The van der Waals surface area contributed by atoms with E-state index in [-0.39, 0.29) is 5.56 Å². The first-order valence-corrected chi connectivity index (χ1v) is 4.52. The lowest BCUT2D eigenvalue weighted by Crippen LogP contribution is -2.22. The summed E-state index contributed by atoms with van der Waals surface area (Å²) in [6, 6.07) is 2.63. The fraction of sp³-hybridized carbons (Fsp3) is 0.400. The molecule has 90 valence electrons. The molecule has 0 aliphatic rings. The van der Waals surface area contributed by atoms with Gasteiger partial charge in [0.2, 0.25) is 0 Å². The van der Waals surface area contributed by atoms with E-state index in [1.807, 2.05) is 0 Å². The molecule has 0 fully saturated rings. The Bertz CT molecular complexity index is 357. The maximum atomic E-state index is 13.1. The zero-order chi connectivity index (χ0) is 12.3. The Balaban J connectivity index is 2.97. The van der Waals surface area contributed by atoms with E-state index in [1.54, 1.807) is 0 Å². The number of hydrogen-bond donors (Lipinski definition) is 3. The first-order chi connectivity index (χ1) is 7.47. The van der Waals surface area contributed by atoms with Gasteiger partial charge in [0, 0.05) is 0 Å². The minimum atomic E-state index is -2.94. The van der Waals surface area contributed by atoms with Gasteiger partial charge in [-0.15, -0.1) is 0 Å². The number of aliphatic hydroxyl groups is 3. The molecule has 1 aromatic carbocycles. The number of benzene rings is 1. The Morgan fingerprint density at radius 1 is 1.19 bits per heavy atom. The second-order valence-electron chi connectivity index (χ2n) is 3.28. The number of halogens is 3. The molecule has 2 atom stereocenters. The fourth-order valence-corrected chi connectivity index (χ4v) is 1.23. The normalized spacial score (nSPS) is 15.2. The van der Waals surface area contributed by atoms with Crippen LogP contribution in [0.15, 0.2) is 18.2 Å². The summed E-state index contributed by atoms with van der Waals surface area (Å²) in [5, 5.41) is 27.0. The van der Waals surface area contributed by atoms with E-state index in [9.17, 15) is 18.3 Å². The molecule has 3 N–H and O–H groups in total. The van der Waals surface area contributed by atoms with Gasteiger partial charge >= 0.3 is 0 Å². The number of alkyl halides is 2. The molecule has 1 aromatic rings. The fourth-order valence-electron chi connectivity index (χ4n) is 1.23. The van der Waals surface area contributed by atoms with E-state index in [1.165, 1.54) is 0 Å². The molecule has 0 bridgehead atoms. The van der Waals surface area contributed by atoms with Gasteiger partial charge < -0.3 is 15.3 Å². The second kappa shape index (κ2) is 5.29. The number of rotatable bonds is 4. The third kappa shape index (κ3) is 2.72. The van der Waals surface area contributed by atoms with Crippen molar-refractivity contribution in [2.24, 2.45) is 0 Å². The highest BCUT2D eigenvalue weighted by atomic mass is 19.3. The lowest BCUT2D eigenvalue weighted by molar-refractivity contribution is -0.0154. The molecule has 0 aromatic heterocycles. The molecule has 0 aliphatic heterocycles. The topological polar surface area (TPSA) is 60.7 Å². The van der Waals surface area contributed by atoms with Crippen LogP contribution in [0.1, 0.15) is 23.7 Å². The first kappa shape index (κ1) is 13.0. The molecule has 0 saturated heterocycles. The lowest BCUT2D eigenvalue weighted by Gasteiger charge is -2.16. The van der Waals surface area contributed by atoms with Crippen molar-refractivity contribution in [3.05, 3.63) is 35.1 Å². The van der Waals surface area contributed by atoms with Crippen molar-refractivity contribution in [1.82, 2.24) is 0 Å². The van der Waals surface area contributed by atoms with Crippen molar-refractivity contribution in [3.8, 4) is 0 Å². The van der Waals surface area contributed by atoms with Crippen LogP contribution < -0.4 is 0 Å². The monoisotopic (exact) mass is 236 g/mol. The number of hydrogen-bond acceptors (Lipinski definition) is 3. The zero-order valence-electron chi connectivity index (χ0n) is 8.15. The van der Waals surface area contributed by atoms with Crippen LogP contribution >= 0.6 is 0 Å². The average molecular weight is 236 g/mol. The Hall–Kier alpha value is -1.11. The molecule has 16 heavy (non-hydrogen) atoms. The van der Waals surface area contributed by atoms with Crippen molar-refractivity contribution in [3.63, 3.8) is 0 Å². The quantitative estimate of drug-likeness (QED) is 0.735. The van der Waals surface area contributed by atoms with Gasteiger partial charge in [0.25, 0.3) is 6.43 Å². The Labute approximate surface area is 89.8 Å². The second-order valence-corrected chi connectivity index (χ2v) is 3.28. The van der Waals surface area contributed by atoms with E-state index < -0.39 is 36.6 Å². The van der Waals surface area contributed by atoms with Crippen LogP contribution in [0.5, 0.6) is 0 Å². The van der Waals surface area contributed by atoms with Gasteiger partial charge in [0.15, 0.2) is 0 Å². The van der Waals surface area contributed by atoms with Gasteiger partial charge in [-0.25, -0.2) is 13.2 Å². The van der Waals surface area contributed by atoms with Crippen LogP contribution in [0, 0.1) is 5.82 Å². The molecular formula is C10H11F3O3. The SMILES string of the molecule is OCC(O)C(O)c1ccc(C(F)F)c(F)c1. The van der Waals surface area contributed by atoms with Crippen LogP contribution in [-0.4, -0.2) is 28.0 Å². The third-order valence-electron chi connectivity index (χ3n) is 2.15. The van der Waals surface area contributed by atoms with Crippen LogP contribution in [0.4, 0.5) is 13.2 Å². The Kier molecular flexibility index (Phi) is 4.28. The van der Waals surface area contributed by atoms with Gasteiger partial charge in [-0.1, -0.05) is 12.1 Å². The molecule has 2 unspecified atom stereocenters. The molecular weight excluding hydrogens is 225 g/mol. The van der Waals surface area contributed by atoms with Crippen molar-refractivity contribution in [2.45, 2.75) is 18.6 Å². The van der Waals surface area contributed by atoms with E-state index in [0.717, 1.165) is 12.1 Å². The molecule has 1 rings (SSSR count). The van der Waals surface area contributed by atoms with Gasteiger partial charge in [0.1, 0.15) is 18.0 Å². The zero-order valence-corrected chi connectivity index (χ0v) is 8.15. The van der Waals surface area contributed by atoms with Gasteiger partial charge in [-0.2, -0.15) is 0 Å². The molecule has 6 heteroatoms. The van der Waals surface area contributed by atoms with E-state index >= 15 is 0 Å². The van der Waals surface area contributed by atoms with E-state index in [0.29, 0.717) is 6.07 Å². The minimum Gasteiger partial charge on any atom is -0.394 e. The number of aliphatic hydroxyl groups excluding tert-OH is 3. The van der Waals surface area contributed by atoms with Crippen LogP contribution in [0.2, 0.25) is 0 Å². The molecule has 0 radical (unpaired) electrons. The van der Waals surface area contributed by atoms with E-state index in [4.69, 9.17) is 10.2 Å². The van der Waals surface area contributed by atoms with Gasteiger partial charge in [-0.3, -0.25) is 0 Å². The third-order valence-corrected chi connectivity index (χ3v) is 2.15. The van der Waals surface area contributed by atoms with Crippen LogP contribution in [0.3, 0.4) is 0 Å². The Morgan fingerprint density at radius 3 is 2.25 bits per heavy atom. The van der Waals surface area contributed by atoms with Gasteiger partial charge in [-0.05, 0) is 11.6 Å². The summed E-state index contributed by atoms with van der Waals surface area (Å²) >= 11 is 0. The standard InChI is InChI=1S/C10H11F3O3/c11-7-3-5(9(16)8(15)4-14)1-2-6(7)10(12)13/h1-3,8-10,14-16H,4H2. The van der Waals surface area contributed by atoms with Crippen LogP contribution in [0.25, 0.3) is 0 Å². The highest BCUT2D eigenvalue weighted by Crippen LogP contribution is 2.25. The summed E-state index contributed by atoms with van der Waals surface area (Å²) in [6.07, 6.45) is -5.92. The first-order valence-electron chi connectivity index (χ1n) is 4.52. The molecule has 0 saturated carbocycles. The summed E-state index contributed by atoms with van der Waals surface area (Å²) in [5.74, 6) is -1.16. The maximum Gasteiger partial charge on any atom is 0.266 e. The molecule has 0 amide bonds. The molecule has 0 aliphatic carbocycles. The summed E-state index contributed by atoms with van der Waals surface area (Å²) in [7, 11) is 0. The minimum absolute atomic E-state index is 0.0662. The Morgan fingerprint density at radius 2 is 1.81 bits per heavy atom. The largest absolute Gasteiger partial charge is 0.394 e. The van der Waals surface area contributed by atoms with Gasteiger partial charge in [0.05, 0.1) is 12.2 Å². The van der Waals surface area contributed by atoms with Crippen molar-refractivity contribution in [2.75, 3.05) is 6.61 Å². The highest BCUT2D eigenvalue weighted by Gasteiger charge is 2.20. The summed E-state index contributed by atoms with van der Waals surface area (Å²) < 4.78 is 37.5. The van der Waals surface area contributed by atoms with Crippen molar-refractivity contribution in [1.29, 1.82) is 0 Å². The average Bonchev–Trinajstić information content (AvgIpc) is 2.26. The summed E-state index contributed by atoms with van der Waals surface area (Å²) in [4.78, 5) is 0. The predicted octanol–water partition coefficient (Wildman–Crippen LogP) is 1.15. The van der Waals surface area contributed by atoms with E-state index in [2.05, 4.69) is 0 Å². The molecule has 3 nitrogen and oxygen atoms in total. The molecule has 0 heterocycles.